The topological polar surface area (TPSA) is 51.5 Å². The summed E-state index contributed by atoms with van der Waals surface area (Å²) in [4.78, 5) is 26.6. The molecule has 0 aromatic carbocycles. The van der Waals surface area contributed by atoms with E-state index in [1.807, 2.05) is 16.7 Å². The SMILES string of the molecule is COc1cc(=O)n2c(c1C(=O)N1CCSCC1)CCC2. The molecule has 5 nitrogen and oxygen atoms in total. The Kier molecular flexibility index (Phi) is 3.74. The molecule has 0 bridgehead atoms. The largest absolute Gasteiger partial charge is 0.496 e. The molecule has 3 rings (SSSR count). The van der Waals surface area contributed by atoms with Crippen molar-refractivity contribution in [1.82, 2.24) is 9.47 Å². The van der Waals surface area contributed by atoms with Crippen molar-refractivity contribution in [3.05, 3.63) is 27.7 Å². The molecule has 1 aromatic rings. The molecule has 0 radical (unpaired) electrons. The van der Waals surface area contributed by atoms with Gasteiger partial charge in [0.2, 0.25) is 0 Å². The lowest BCUT2D eigenvalue weighted by Gasteiger charge is -2.27. The molecule has 1 amide bonds. The predicted octanol–water partition coefficient (Wildman–Crippen LogP) is 0.992. The molecule has 0 atom stereocenters. The molecule has 2 aliphatic rings. The molecule has 0 aliphatic carbocycles. The molecular formula is C14H18N2O3S. The molecule has 1 fully saturated rings. The van der Waals surface area contributed by atoms with Crippen LogP contribution in [0.5, 0.6) is 5.75 Å². The molecule has 6 heteroatoms. The van der Waals surface area contributed by atoms with Gasteiger partial charge in [0.25, 0.3) is 11.5 Å². The van der Waals surface area contributed by atoms with Crippen LogP contribution in [-0.2, 0) is 13.0 Å². The van der Waals surface area contributed by atoms with Gasteiger partial charge in [0.1, 0.15) is 11.3 Å². The number of methoxy groups -OCH3 is 1. The molecule has 3 heterocycles. The van der Waals surface area contributed by atoms with Crippen molar-refractivity contribution >= 4 is 17.7 Å². The first-order chi connectivity index (χ1) is 9.72. The summed E-state index contributed by atoms with van der Waals surface area (Å²) in [7, 11) is 1.52. The van der Waals surface area contributed by atoms with Gasteiger partial charge in [-0.15, -0.1) is 0 Å². The zero-order chi connectivity index (χ0) is 14.1. The Morgan fingerprint density at radius 1 is 1.30 bits per heavy atom. The zero-order valence-electron chi connectivity index (χ0n) is 11.6. The Bertz CT molecular complexity index is 591. The van der Waals surface area contributed by atoms with Crippen LogP contribution in [0, 0.1) is 0 Å². The van der Waals surface area contributed by atoms with Gasteiger partial charge in [-0.05, 0) is 12.8 Å². The van der Waals surface area contributed by atoms with Crippen LogP contribution in [-0.4, -0.2) is 47.1 Å². The number of thioether (sulfide) groups is 1. The molecule has 1 aromatic heterocycles. The van der Waals surface area contributed by atoms with Crippen molar-refractivity contribution in [3.63, 3.8) is 0 Å². The van der Waals surface area contributed by atoms with E-state index in [1.165, 1.54) is 13.2 Å². The van der Waals surface area contributed by atoms with Gasteiger partial charge >= 0.3 is 0 Å². The van der Waals surface area contributed by atoms with Gasteiger partial charge in [-0.1, -0.05) is 0 Å². The number of hydrogen-bond donors (Lipinski definition) is 0. The van der Waals surface area contributed by atoms with Crippen molar-refractivity contribution < 1.29 is 9.53 Å². The van der Waals surface area contributed by atoms with Crippen molar-refractivity contribution in [1.29, 1.82) is 0 Å². The Morgan fingerprint density at radius 3 is 2.75 bits per heavy atom. The monoisotopic (exact) mass is 294 g/mol. The number of carbonyl (C=O) groups excluding carboxylic acids is 1. The number of hydrogen-bond acceptors (Lipinski definition) is 4. The number of fused-ring (bicyclic) bond motifs is 1. The summed E-state index contributed by atoms with van der Waals surface area (Å²) in [5.74, 6) is 2.38. The van der Waals surface area contributed by atoms with Crippen LogP contribution in [0.1, 0.15) is 22.5 Å². The quantitative estimate of drug-likeness (QED) is 0.816. The van der Waals surface area contributed by atoms with Gasteiger partial charge < -0.3 is 14.2 Å². The third-order valence-electron chi connectivity index (χ3n) is 3.91. The first kappa shape index (κ1) is 13.5. The highest BCUT2D eigenvalue weighted by Crippen LogP contribution is 2.27. The summed E-state index contributed by atoms with van der Waals surface area (Å²) < 4.78 is 7.01. The molecule has 108 valence electrons. The molecule has 1 saturated heterocycles. The minimum atomic E-state index is -0.0694. The number of ether oxygens (including phenoxy) is 1. The van der Waals surface area contributed by atoms with Gasteiger partial charge in [-0.25, -0.2) is 0 Å². The van der Waals surface area contributed by atoms with E-state index in [2.05, 4.69) is 0 Å². The number of nitrogens with zero attached hydrogens (tertiary/aromatic N) is 2. The lowest BCUT2D eigenvalue weighted by atomic mass is 10.1. The predicted molar refractivity (Wildman–Crippen MR) is 78.8 cm³/mol. The van der Waals surface area contributed by atoms with Crippen molar-refractivity contribution in [2.75, 3.05) is 31.7 Å². The molecule has 0 unspecified atom stereocenters. The van der Waals surface area contributed by atoms with Crippen LogP contribution < -0.4 is 10.3 Å². The number of pyridine rings is 1. The van der Waals surface area contributed by atoms with Gasteiger partial charge in [0.15, 0.2) is 0 Å². The maximum absolute atomic E-state index is 12.8. The Hall–Kier alpha value is -1.43. The van der Waals surface area contributed by atoms with E-state index in [9.17, 15) is 9.59 Å². The smallest absolute Gasteiger partial charge is 0.259 e. The first-order valence-electron chi connectivity index (χ1n) is 6.90. The highest BCUT2D eigenvalue weighted by Gasteiger charge is 2.28. The normalized spacial score (nSPS) is 17.9. The van der Waals surface area contributed by atoms with E-state index >= 15 is 0 Å². The van der Waals surface area contributed by atoms with Crippen LogP contribution in [0.2, 0.25) is 0 Å². The van der Waals surface area contributed by atoms with E-state index < -0.39 is 0 Å². The standard InChI is InChI=1S/C14H18N2O3S/c1-19-11-9-12(17)16-4-2-3-10(16)13(11)14(18)15-5-7-20-8-6-15/h9H,2-8H2,1H3. The van der Waals surface area contributed by atoms with Gasteiger partial charge in [-0.2, -0.15) is 11.8 Å². The highest BCUT2D eigenvalue weighted by atomic mass is 32.2. The molecule has 2 aliphatic heterocycles. The Balaban J connectivity index is 2.05. The van der Waals surface area contributed by atoms with Gasteiger partial charge in [-0.3, -0.25) is 9.59 Å². The fourth-order valence-electron chi connectivity index (χ4n) is 2.90. The molecule has 0 saturated carbocycles. The van der Waals surface area contributed by atoms with Crippen LogP contribution in [0.15, 0.2) is 10.9 Å². The van der Waals surface area contributed by atoms with Crippen molar-refractivity contribution in [3.8, 4) is 5.75 Å². The number of amides is 1. The lowest BCUT2D eigenvalue weighted by Crippen LogP contribution is -2.39. The number of rotatable bonds is 2. The van der Waals surface area contributed by atoms with E-state index in [1.54, 1.807) is 4.57 Å². The summed E-state index contributed by atoms with van der Waals surface area (Å²) in [5, 5.41) is 0. The molecular weight excluding hydrogens is 276 g/mol. The summed E-state index contributed by atoms with van der Waals surface area (Å²) in [6, 6.07) is 1.45. The summed E-state index contributed by atoms with van der Waals surface area (Å²) in [5.41, 5.74) is 1.37. The van der Waals surface area contributed by atoms with Crippen LogP contribution in [0.4, 0.5) is 0 Å². The minimum absolute atomic E-state index is 0.00722. The summed E-state index contributed by atoms with van der Waals surface area (Å²) in [6.07, 6.45) is 1.69. The van der Waals surface area contributed by atoms with E-state index in [-0.39, 0.29) is 11.5 Å². The first-order valence-corrected chi connectivity index (χ1v) is 8.05. The van der Waals surface area contributed by atoms with Crippen LogP contribution in [0.3, 0.4) is 0 Å². The number of aromatic nitrogens is 1. The molecule has 0 N–H and O–H groups in total. The average Bonchev–Trinajstić information content (AvgIpc) is 2.97. The third-order valence-corrected chi connectivity index (χ3v) is 4.85. The third kappa shape index (κ3) is 2.22. The summed E-state index contributed by atoms with van der Waals surface area (Å²) in [6.45, 7) is 2.24. The number of carbonyl (C=O) groups is 1. The van der Waals surface area contributed by atoms with E-state index in [0.29, 0.717) is 17.9 Å². The van der Waals surface area contributed by atoms with Gasteiger partial charge in [0.05, 0.1) is 7.11 Å². The molecule has 0 spiro atoms. The second-order valence-corrected chi connectivity index (χ2v) is 6.26. The maximum Gasteiger partial charge on any atom is 0.259 e. The maximum atomic E-state index is 12.8. The lowest BCUT2D eigenvalue weighted by molar-refractivity contribution is 0.0767. The fourth-order valence-corrected chi connectivity index (χ4v) is 3.80. The highest BCUT2D eigenvalue weighted by molar-refractivity contribution is 7.99. The van der Waals surface area contributed by atoms with Crippen molar-refractivity contribution in [2.45, 2.75) is 19.4 Å². The zero-order valence-corrected chi connectivity index (χ0v) is 12.4. The van der Waals surface area contributed by atoms with E-state index in [4.69, 9.17) is 4.74 Å². The van der Waals surface area contributed by atoms with Crippen LogP contribution >= 0.6 is 11.8 Å². The van der Waals surface area contributed by atoms with Crippen LogP contribution in [0.25, 0.3) is 0 Å². The second-order valence-electron chi connectivity index (χ2n) is 5.03. The Labute approximate surface area is 121 Å². The summed E-state index contributed by atoms with van der Waals surface area (Å²) >= 11 is 1.87. The van der Waals surface area contributed by atoms with Crippen molar-refractivity contribution in [2.24, 2.45) is 0 Å². The fraction of sp³-hybridized carbons (Fsp3) is 0.571. The van der Waals surface area contributed by atoms with Gasteiger partial charge in [0, 0.05) is 42.9 Å². The van der Waals surface area contributed by atoms with E-state index in [0.717, 1.165) is 43.1 Å². The molecule has 20 heavy (non-hydrogen) atoms. The second kappa shape index (κ2) is 5.52. The Morgan fingerprint density at radius 2 is 2.05 bits per heavy atom. The average molecular weight is 294 g/mol. The minimum Gasteiger partial charge on any atom is -0.496 e.